The zero-order valence-electron chi connectivity index (χ0n) is 12.8. The van der Waals surface area contributed by atoms with E-state index < -0.39 is 0 Å². The summed E-state index contributed by atoms with van der Waals surface area (Å²) >= 11 is 0. The lowest BCUT2D eigenvalue weighted by Gasteiger charge is -2.22. The minimum atomic E-state index is 0.204. The molecule has 0 spiro atoms. The topological polar surface area (TPSA) is 34.0 Å². The molecule has 1 aliphatic carbocycles. The summed E-state index contributed by atoms with van der Waals surface area (Å²) in [6, 6.07) is 9.02. The number of hydrogen-bond donors (Lipinski definition) is 1. The van der Waals surface area contributed by atoms with Gasteiger partial charge in [-0.2, -0.15) is 0 Å². The Bertz CT molecular complexity index is 623. The average molecular weight is 284 g/mol. The van der Waals surface area contributed by atoms with Crippen LogP contribution in [-0.2, 0) is 18.3 Å². The summed E-state index contributed by atoms with van der Waals surface area (Å²) in [7, 11) is 2.06. The maximum atomic E-state index is 12.0. The largest absolute Gasteiger partial charge is 0.353 e. The number of fused-ring (bicyclic) bond motifs is 1. The van der Waals surface area contributed by atoms with Crippen molar-refractivity contribution < 1.29 is 4.79 Å². The molecule has 1 heterocycles. The van der Waals surface area contributed by atoms with E-state index in [2.05, 4.69) is 47.4 Å². The second-order valence-corrected chi connectivity index (χ2v) is 6.22. The molecule has 0 saturated heterocycles. The monoisotopic (exact) mass is 284 g/mol. The minimum Gasteiger partial charge on any atom is -0.353 e. The summed E-state index contributed by atoms with van der Waals surface area (Å²) in [5.41, 5.74) is 2.48. The molecule has 3 nitrogen and oxygen atoms in total. The van der Waals surface area contributed by atoms with Gasteiger partial charge in [0.2, 0.25) is 5.91 Å². The van der Waals surface area contributed by atoms with Crippen molar-refractivity contribution >= 4 is 16.8 Å². The van der Waals surface area contributed by atoms with Gasteiger partial charge in [0.25, 0.3) is 0 Å². The molecule has 3 heteroatoms. The third-order valence-corrected chi connectivity index (χ3v) is 4.56. The van der Waals surface area contributed by atoms with E-state index in [-0.39, 0.29) is 5.91 Å². The van der Waals surface area contributed by atoms with E-state index in [4.69, 9.17) is 0 Å². The van der Waals surface area contributed by atoms with Crippen molar-refractivity contribution in [2.75, 3.05) is 0 Å². The maximum absolute atomic E-state index is 12.0. The number of aryl methyl sites for hydroxylation is 2. The Hall–Kier alpha value is -1.77. The number of carbonyl (C=O) groups excluding carboxylic acids is 1. The smallest absolute Gasteiger partial charge is 0.220 e. The molecule has 3 rings (SSSR count). The fourth-order valence-electron chi connectivity index (χ4n) is 3.29. The van der Waals surface area contributed by atoms with E-state index in [1.165, 1.54) is 35.7 Å². The molecule has 112 valence electrons. The van der Waals surface area contributed by atoms with Crippen LogP contribution in [0.2, 0.25) is 0 Å². The Morgan fingerprint density at radius 3 is 2.86 bits per heavy atom. The van der Waals surface area contributed by atoms with Crippen LogP contribution in [0.25, 0.3) is 10.9 Å². The fourth-order valence-corrected chi connectivity index (χ4v) is 3.29. The van der Waals surface area contributed by atoms with E-state index in [0.29, 0.717) is 12.5 Å². The van der Waals surface area contributed by atoms with Crippen molar-refractivity contribution in [1.82, 2.24) is 9.88 Å². The summed E-state index contributed by atoms with van der Waals surface area (Å²) in [4.78, 5) is 12.0. The van der Waals surface area contributed by atoms with E-state index >= 15 is 0 Å². The van der Waals surface area contributed by atoms with E-state index in [0.717, 1.165) is 19.3 Å². The van der Waals surface area contributed by atoms with Crippen molar-refractivity contribution in [1.29, 1.82) is 0 Å². The predicted molar refractivity (Wildman–Crippen MR) is 86.3 cm³/mol. The third kappa shape index (κ3) is 3.46. The fraction of sp³-hybridized carbons (Fsp3) is 0.500. The highest BCUT2D eigenvalue weighted by atomic mass is 16.1. The van der Waals surface area contributed by atoms with Gasteiger partial charge in [-0.25, -0.2) is 0 Å². The number of nitrogens with one attached hydrogen (secondary N) is 1. The zero-order valence-corrected chi connectivity index (χ0v) is 12.8. The number of rotatable bonds is 4. The van der Waals surface area contributed by atoms with E-state index in [1.54, 1.807) is 0 Å². The number of carbonyl (C=O) groups is 1. The first-order chi connectivity index (χ1) is 10.2. The molecule has 0 bridgehead atoms. The van der Waals surface area contributed by atoms with Gasteiger partial charge >= 0.3 is 0 Å². The Morgan fingerprint density at radius 2 is 2.05 bits per heavy atom. The normalized spacial score (nSPS) is 16.2. The molecule has 1 aromatic carbocycles. The second kappa shape index (κ2) is 6.33. The van der Waals surface area contributed by atoms with Gasteiger partial charge < -0.3 is 9.88 Å². The Morgan fingerprint density at radius 1 is 1.24 bits per heavy atom. The zero-order chi connectivity index (χ0) is 14.7. The maximum Gasteiger partial charge on any atom is 0.220 e. The second-order valence-electron chi connectivity index (χ2n) is 6.22. The highest BCUT2D eigenvalue weighted by molar-refractivity contribution is 5.81. The van der Waals surface area contributed by atoms with Crippen LogP contribution < -0.4 is 5.32 Å². The standard InChI is InChI=1S/C18H24N2O/c1-20-12-11-15-13-14(7-9-17(15)20)8-10-18(21)19-16-5-3-2-4-6-16/h7,9,11-13,16H,2-6,8,10H2,1H3,(H,19,21). The Labute approximate surface area is 126 Å². The molecule has 1 saturated carbocycles. The molecule has 0 unspecified atom stereocenters. The van der Waals surface area contributed by atoms with Crippen LogP contribution in [0.4, 0.5) is 0 Å². The predicted octanol–water partition coefficient (Wildman–Crippen LogP) is 3.56. The molecule has 0 radical (unpaired) electrons. The van der Waals surface area contributed by atoms with Gasteiger partial charge in [-0.3, -0.25) is 4.79 Å². The highest BCUT2D eigenvalue weighted by Crippen LogP contribution is 2.19. The lowest BCUT2D eigenvalue weighted by atomic mass is 9.95. The molecule has 1 aliphatic rings. The van der Waals surface area contributed by atoms with Crippen LogP contribution in [0.5, 0.6) is 0 Å². The van der Waals surface area contributed by atoms with Gasteiger partial charge in [0.1, 0.15) is 0 Å². The average Bonchev–Trinajstić information content (AvgIpc) is 2.87. The van der Waals surface area contributed by atoms with Crippen molar-refractivity contribution in [2.45, 2.75) is 51.0 Å². The minimum absolute atomic E-state index is 0.204. The van der Waals surface area contributed by atoms with Crippen LogP contribution in [-0.4, -0.2) is 16.5 Å². The number of benzene rings is 1. The van der Waals surface area contributed by atoms with Crippen molar-refractivity contribution in [3.05, 3.63) is 36.0 Å². The van der Waals surface area contributed by atoms with Gasteiger partial charge in [0.05, 0.1) is 0 Å². The summed E-state index contributed by atoms with van der Waals surface area (Å²) < 4.78 is 2.12. The SMILES string of the molecule is Cn1ccc2cc(CCC(=O)NC3CCCCC3)ccc21. The number of amides is 1. The first-order valence-electron chi connectivity index (χ1n) is 8.06. The molecule has 2 aromatic rings. The molecule has 0 atom stereocenters. The number of hydrogen-bond acceptors (Lipinski definition) is 1. The summed E-state index contributed by atoms with van der Waals surface area (Å²) in [5, 5.41) is 4.44. The van der Waals surface area contributed by atoms with Crippen LogP contribution in [0.15, 0.2) is 30.5 Å². The first kappa shape index (κ1) is 14.2. The Kier molecular flexibility index (Phi) is 4.28. The lowest BCUT2D eigenvalue weighted by molar-refractivity contribution is -0.121. The molecular weight excluding hydrogens is 260 g/mol. The van der Waals surface area contributed by atoms with Crippen LogP contribution in [0.1, 0.15) is 44.1 Å². The number of aromatic nitrogens is 1. The molecule has 1 fully saturated rings. The van der Waals surface area contributed by atoms with Crippen LogP contribution in [0, 0.1) is 0 Å². The molecule has 21 heavy (non-hydrogen) atoms. The summed E-state index contributed by atoms with van der Waals surface area (Å²) in [6.07, 6.45) is 9.64. The van der Waals surface area contributed by atoms with Crippen molar-refractivity contribution in [2.24, 2.45) is 7.05 Å². The highest BCUT2D eigenvalue weighted by Gasteiger charge is 2.15. The van der Waals surface area contributed by atoms with E-state index in [1.807, 2.05) is 0 Å². The summed E-state index contributed by atoms with van der Waals surface area (Å²) in [6.45, 7) is 0. The van der Waals surface area contributed by atoms with Crippen LogP contribution >= 0.6 is 0 Å². The lowest BCUT2D eigenvalue weighted by Crippen LogP contribution is -2.36. The van der Waals surface area contributed by atoms with Gasteiger partial charge in [-0.1, -0.05) is 25.3 Å². The summed E-state index contributed by atoms with van der Waals surface area (Å²) in [5.74, 6) is 0.204. The Balaban J connectivity index is 1.54. The number of nitrogens with zero attached hydrogens (tertiary/aromatic N) is 1. The first-order valence-corrected chi connectivity index (χ1v) is 8.06. The van der Waals surface area contributed by atoms with Gasteiger partial charge in [-0.15, -0.1) is 0 Å². The van der Waals surface area contributed by atoms with Crippen molar-refractivity contribution in [3.63, 3.8) is 0 Å². The van der Waals surface area contributed by atoms with Crippen LogP contribution in [0.3, 0.4) is 0 Å². The quantitative estimate of drug-likeness (QED) is 0.915. The van der Waals surface area contributed by atoms with Gasteiger partial charge in [-0.05, 0) is 48.4 Å². The third-order valence-electron chi connectivity index (χ3n) is 4.56. The molecule has 0 aliphatic heterocycles. The molecule has 1 N–H and O–H groups in total. The molecular formula is C18H24N2O. The molecule has 1 amide bonds. The van der Waals surface area contributed by atoms with E-state index in [9.17, 15) is 4.79 Å². The van der Waals surface area contributed by atoms with Crippen molar-refractivity contribution in [3.8, 4) is 0 Å². The molecule has 1 aromatic heterocycles. The van der Waals surface area contributed by atoms with Gasteiger partial charge in [0.15, 0.2) is 0 Å². The van der Waals surface area contributed by atoms with Gasteiger partial charge in [0, 0.05) is 31.2 Å².